The van der Waals surface area contributed by atoms with Gasteiger partial charge < -0.3 is 16.0 Å². The normalized spacial score (nSPS) is 10.7. The molecule has 1 aromatic heterocycles. The molecule has 2 amide bonds. The highest BCUT2D eigenvalue weighted by molar-refractivity contribution is 6.09. The Kier molecular flexibility index (Phi) is 5.35. The molecule has 2 aromatic carbocycles. The van der Waals surface area contributed by atoms with Crippen molar-refractivity contribution < 1.29 is 9.59 Å². The first-order chi connectivity index (χ1) is 13.0. The highest BCUT2D eigenvalue weighted by atomic mass is 16.2. The summed E-state index contributed by atoms with van der Waals surface area (Å²) >= 11 is 0. The van der Waals surface area contributed by atoms with E-state index in [-0.39, 0.29) is 17.9 Å². The van der Waals surface area contributed by atoms with E-state index in [1.807, 2.05) is 44.2 Å². The topological polar surface area (TPSA) is 83.1 Å². The average Bonchev–Trinajstić information content (AvgIpc) is 2.67. The zero-order valence-corrected chi connectivity index (χ0v) is 15.5. The Hall–Kier alpha value is -3.41. The first-order valence-electron chi connectivity index (χ1n) is 8.77. The molecule has 0 atom stereocenters. The lowest BCUT2D eigenvalue weighted by Gasteiger charge is -2.16. The van der Waals surface area contributed by atoms with Gasteiger partial charge in [-0.05, 0) is 44.2 Å². The summed E-state index contributed by atoms with van der Waals surface area (Å²) in [4.78, 5) is 29.2. The minimum atomic E-state index is -0.219. The molecule has 0 aliphatic carbocycles. The van der Waals surface area contributed by atoms with Gasteiger partial charge in [-0.25, -0.2) is 0 Å². The summed E-state index contributed by atoms with van der Waals surface area (Å²) in [6, 6.07) is 14.8. The van der Waals surface area contributed by atoms with Crippen LogP contribution in [-0.4, -0.2) is 29.9 Å². The highest BCUT2D eigenvalue weighted by Gasteiger charge is 2.18. The van der Waals surface area contributed by atoms with E-state index in [4.69, 9.17) is 0 Å². The van der Waals surface area contributed by atoms with Gasteiger partial charge in [-0.2, -0.15) is 0 Å². The summed E-state index contributed by atoms with van der Waals surface area (Å²) in [5.74, 6) is -0.414. The van der Waals surface area contributed by atoms with E-state index < -0.39 is 0 Å². The number of amides is 2. The van der Waals surface area contributed by atoms with E-state index in [0.29, 0.717) is 27.7 Å². The molecule has 0 saturated carbocycles. The van der Waals surface area contributed by atoms with Crippen molar-refractivity contribution in [3.05, 3.63) is 65.9 Å². The fraction of sp³-hybridized carbons (Fsp3) is 0.190. The van der Waals surface area contributed by atoms with Crippen LogP contribution in [0.4, 0.5) is 11.4 Å². The molecule has 1 heterocycles. The highest BCUT2D eigenvalue weighted by Crippen LogP contribution is 2.30. The van der Waals surface area contributed by atoms with Gasteiger partial charge in [0.25, 0.3) is 11.8 Å². The summed E-state index contributed by atoms with van der Waals surface area (Å²) in [5.41, 5.74) is 3.09. The second-order valence-corrected chi connectivity index (χ2v) is 6.48. The molecule has 3 N–H and O–H groups in total. The van der Waals surface area contributed by atoms with Crippen molar-refractivity contribution in [2.24, 2.45) is 0 Å². The van der Waals surface area contributed by atoms with E-state index in [2.05, 4.69) is 20.9 Å². The Morgan fingerprint density at radius 3 is 2.41 bits per heavy atom. The van der Waals surface area contributed by atoms with Crippen molar-refractivity contribution >= 4 is 34.1 Å². The van der Waals surface area contributed by atoms with Crippen molar-refractivity contribution in [3.63, 3.8) is 0 Å². The molecular weight excluding hydrogens is 340 g/mol. The molecule has 0 aliphatic heterocycles. The Labute approximate surface area is 158 Å². The number of carbonyl (C=O) groups is 2. The molecule has 6 nitrogen and oxygen atoms in total. The van der Waals surface area contributed by atoms with Crippen molar-refractivity contribution in [2.45, 2.75) is 19.9 Å². The predicted octanol–water partition coefficient (Wildman–Crippen LogP) is 3.48. The van der Waals surface area contributed by atoms with Crippen molar-refractivity contribution in [1.82, 2.24) is 15.6 Å². The van der Waals surface area contributed by atoms with Crippen molar-refractivity contribution in [1.29, 1.82) is 0 Å². The van der Waals surface area contributed by atoms with Crippen molar-refractivity contribution in [3.8, 4) is 0 Å². The summed E-state index contributed by atoms with van der Waals surface area (Å²) in [5, 5.41) is 9.55. The van der Waals surface area contributed by atoms with Gasteiger partial charge in [0.2, 0.25) is 0 Å². The third-order valence-electron chi connectivity index (χ3n) is 4.06. The molecule has 0 radical (unpaired) electrons. The number of benzene rings is 2. The van der Waals surface area contributed by atoms with Crippen LogP contribution in [0.3, 0.4) is 0 Å². The molecule has 0 unspecified atom stereocenters. The Bertz CT molecular complexity index is 984. The van der Waals surface area contributed by atoms with E-state index in [0.717, 1.165) is 5.69 Å². The molecule has 0 bridgehead atoms. The molecule has 138 valence electrons. The number of rotatable bonds is 5. The number of nitrogens with zero attached hydrogens (tertiary/aromatic N) is 1. The molecule has 0 saturated heterocycles. The average molecular weight is 362 g/mol. The van der Waals surface area contributed by atoms with Gasteiger partial charge >= 0.3 is 0 Å². The number of hydrogen-bond donors (Lipinski definition) is 3. The number of carbonyl (C=O) groups excluding carboxylic acids is 2. The molecule has 0 spiro atoms. The fourth-order valence-electron chi connectivity index (χ4n) is 2.79. The second-order valence-electron chi connectivity index (χ2n) is 6.48. The zero-order valence-electron chi connectivity index (χ0n) is 15.5. The molecule has 27 heavy (non-hydrogen) atoms. The van der Waals surface area contributed by atoms with Crippen LogP contribution in [0, 0.1) is 0 Å². The monoisotopic (exact) mass is 362 g/mol. The third-order valence-corrected chi connectivity index (χ3v) is 4.06. The fourth-order valence-corrected chi connectivity index (χ4v) is 2.79. The number of anilines is 2. The maximum absolute atomic E-state index is 12.7. The van der Waals surface area contributed by atoms with Gasteiger partial charge in [0.05, 0.1) is 16.8 Å². The maximum Gasteiger partial charge on any atom is 0.255 e. The lowest BCUT2D eigenvalue weighted by molar-refractivity contribution is 0.0941. The van der Waals surface area contributed by atoms with Gasteiger partial charge in [-0.1, -0.05) is 18.2 Å². The molecule has 0 fully saturated rings. The first kappa shape index (κ1) is 18.4. The van der Waals surface area contributed by atoms with E-state index in [9.17, 15) is 9.59 Å². The van der Waals surface area contributed by atoms with E-state index >= 15 is 0 Å². The molecular formula is C21H22N4O2. The standard InChI is InChI=1S/C21H22N4O2/c1-13(2)24-21(27)17-12-23-18-10-9-14(20(26)22-3)11-16(18)19(17)25-15-7-5-4-6-8-15/h4-13H,1-3H3,(H,22,26)(H,23,25)(H,24,27). The number of fused-ring (bicyclic) bond motifs is 1. The smallest absolute Gasteiger partial charge is 0.255 e. The van der Waals surface area contributed by atoms with Crippen LogP contribution >= 0.6 is 0 Å². The van der Waals surface area contributed by atoms with Crippen LogP contribution < -0.4 is 16.0 Å². The van der Waals surface area contributed by atoms with E-state index in [1.54, 1.807) is 31.4 Å². The van der Waals surface area contributed by atoms with Gasteiger partial charge in [0.15, 0.2) is 0 Å². The third kappa shape index (κ3) is 4.06. The van der Waals surface area contributed by atoms with Crippen LogP contribution in [0.1, 0.15) is 34.6 Å². The summed E-state index contributed by atoms with van der Waals surface area (Å²) in [6.07, 6.45) is 1.56. The van der Waals surface area contributed by atoms with Crippen molar-refractivity contribution in [2.75, 3.05) is 12.4 Å². The van der Waals surface area contributed by atoms with E-state index in [1.165, 1.54) is 0 Å². The predicted molar refractivity (Wildman–Crippen MR) is 107 cm³/mol. The number of aromatic nitrogens is 1. The largest absolute Gasteiger partial charge is 0.355 e. The van der Waals surface area contributed by atoms with Crippen LogP contribution in [0.2, 0.25) is 0 Å². The number of pyridine rings is 1. The van der Waals surface area contributed by atoms with Crippen LogP contribution in [-0.2, 0) is 0 Å². The van der Waals surface area contributed by atoms with Crippen LogP contribution in [0.15, 0.2) is 54.7 Å². The van der Waals surface area contributed by atoms with Gasteiger partial charge in [0, 0.05) is 35.9 Å². The molecule has 6 heteroatoms. The number of para-hydroxylation sites is 1. The van der Waals surface area contributed by atoms with Gasteiger partial charge in [0.1, 0.15) is 0 Å². The lowest BCUT2D eigenvalue weighted by Crippen LogP contribution is -2.30. The molecule has 3 rings (SSSR count). The summed E-state index contributed by atoms with van der Waals surface area (Å²) in [7, 11) is 1.58. The van der Waals surface area contributed by atoms with Gasteiger partial charge in [-0.3, -0.25) is 14.6 Å². The minimum Gasteiger partial charge on any atom is -0.355 e. The quantitative estimate of drug-likeness (QED) is 0.649. The van der Waals surface area contributed by atoms with Gasteiger partial charge in [-0.15, -0.1) is 0 Å². The zero-order chi connectivity index (χ0) is 19.4. The number of nitrogens with one attached hydrogen (secondary N) is 3. The minimum absolute atomic E-state index is 0.00465. The molecule has 3 aromatic rings. The maximum atomic E-state index is 12.7. The Morgan fingerprint density at radius 1 is 1.00 bits per heavy atom. The SMILES string of the molecule is CNC(=O)c1ccc2ncc(C(=O)NC(C)C)c(Nc3ccccc3)c2c1. The summed E-state index contributed by atoms with van der Waals surface area (Å²) in [6.45, 7) is 3.81. The Balaban J connectivity index is 2.19. The summed E-state index contributed by atoms with van der Waals surface area (Å²) < 4.78 is 0. The lowest BCUT2D eigenvalue weighted by atomic mass is 10.0. The molecule has 0 aliphatic rings. The Morgan fingerprint density at radius 2 is 1.74 bits per heavy atom. The second kappa shape index (κ2) is 7.86. The van der Waals surface area contributed by atoms with Crippen LogP contribution in [0.5, 0.6) is 0 Å². The first-order valence-corrected chi connectivity index (χ1v) is 8.77. The number of hydrogen-bond acceptors (Lipinski definition) is 4. The van der Waals surface area contributed by atoms with Crippen LogP contribution in [0.25, 0.3) is 10.9 Å².